The molecule has 0 spiro atoms. The van der Waals surface area contributed by atoms with E-state index in [0.29, 0.717) is 13.0 Å². The van der Waals surface area contributed by atoms with Crippen LogP contribution in [0.4, 0.5) is 0 Å². The molecule has 88 valence electrons. The third kappa shape index (κ3) is 3.15. The number of carbonyl (C=O) groups is 1. The molecular formula is C8H17N3O3S. The van der Waals surface area contributed by atoms with Crippen molar-refractivity contribution in [3.8, 4) is 0 Å². The highest BCUT2D eigenvalue weighted by Gasteiger charge is 2.29. The van der Waals surface area contributed by atoms with Gasteiger partial charge in [0.25, 0.3) is 0 Å². The molecule has 0 aliphatic carbocycles. The number of carbonyl (C=O) groups excluding carboxylic acids is 1. The van der Waals surface area contributed by atoms with E-state index in [1.807, 2.05) is 0 Å². The Morgan fingerprint density at radius 2 is 2.33 bits per heavy atom. The molecule has 0 saturated carbocycles. The number of piperidine rings is 1. The number of sulfonamides is 1. The molecule has 1 fully saturated rings. The Morgan fingerprint density at radius 1 is 1.67 bits per heavy atom. The van der Waals surface area contributed by atoms with Crippen LogP contribution in [0.3, 0.4) is 0 Å². The summed E-state index contributed by atoms with van der Waals surface area (Å²) in [6.07, 6.45) is 1.33. The van der Waals surface area contributed by atoms with Crippen molar-refractivity contribution in [2.75, 3.05) is 13.1 Å². The maximum Gasteiger partial charge on any atom is 0.238 e. The molecule has 7 heteroatoms. The Labute approximate surface area is 89.6 Å². The van der Waals surface area contributed by atoms with Crippen molar-refractivity contribution in [1.29, 1.82) is 0 Å². The summed E-state index contributed by atoms with van der Waals surface area (Å²) in [6, 6.07) is -0.641. The third-order valence-electron chi connectivity index (χ3n) is 2.45. The Balaban J connectivity index is 2.64. The van der Waals surface area contributed by atoms with Crippen molar-refractivity contribution in [2.45, 2.75) is 31.1 Å². The summed E-state index contributed by atoms with van der Waals surface area (Å²) in [4.78, 5) is 11.3. The smallest absolute Gasteiger partial charge is 0.238 e. The molecule has 1 aliphatic rings. The monoisotopic (exact) mass is 235 g/mol. The highest BCUT2D eigenvalue weighted by Crippen LogP contribution is 2.06. The van der Waals surface area contributed by atoms with E-state index in [1.165, 1.54) is 6.92 Å². The molecule has 1 amide bonds. The molecule has 1 aliphatic heterocycles. The Bertz CT molecular complexity index is 328. The van der Waals surface area contributed by atoms with Gasteiger partial charge in [-0.25, -0.2) is 13.1 Å². The Hall–Kier alpha value is -0.660. The topological polar surface area (TPSA) is 101 Å². The summed E-state index contributed by atoms with van der Waals surface area (Å²) in [5.74, 6) is -0.256. The average molecular weight is 235 g/mol. The maximum atomic E-state index is 11.6. The molecule has 0 aromatic heterocycles. The van der Waals surface area contributed by atoms with Gasteiger partial charge in [-0.1, -0.05) is 0 Å². The van der Waals surface area contributed by atoms with Crippen molar-refractivity contribution in [3.05, 3.63) is 0 Å². The molecule has 0 bridgehead atoms. The molecule has 1 saturated heterocycles. The fourth-order valence-corrected chi connectivity index (χ4v) is 2.43. The highest BCUT2D eigenvalue weighted by atomic mass is 32.2. The van der Waals surface area contributed by atoms with E-state index < -0.39 is 21.3 Å². The first-order valence-electron chi connectivity index (χ1n) is 4.96. The first kappa shape index (κ1) is 12.4. The van der Waals surface area contributed by atoms with Crippen molar-refractivity contribution >= 4 is 15.9 Å². The van der Waals surface area contributed by atoms with Crippen LogP contribution in [0.1, 0.15) is 19.8 Å². The van der Waals surface area contributed by atoms with E-state index in [0.717, 1.165) is 6.42 Å². The molecule has 1 rings (SSSR count). The van der Waals surface area contributed by atoms with E-state index in [2.05, 4.69) is 10.0 Å². The van der Waals surface area contributed by atoms with Crippen LogP contribution >= 0.6 is 0 Å². The van der Waals surface area contributed by atoms with Gasteiger partial charge in [-0.2, -0.15) is 0 Å². The first-order chi connectivity index (χ1) is 6.97. The van der Waals surface area contributed by atoms with Gasteiger partial charge in [0.05, 0.1) is 5.25 Å². The molecule has 6 nitrogen and oxygen atoms in total. The Morgan fingerprint density at radius 3 is 2.87 bits per heavy atom. The predicted molar refractivity (Wildman–Crippen MR) is 56.6 cm³/mol. The van der Waals surface area contributed by atoms with Crippen LogP contribution in [-0.4, -0.2) is 38.7 Å². The fourth-order valence-electron chi connectivity index (χ4n) is 1.33. The van der Waals surface area contributed by atoms with Crippen molar-refractivity contribution in [3.63, 3.8) is 0 Å². The SMILES string of the molecule is CC(CN)S(=O)(=O)NC1CCCNC1=O. The molecule has 4 N–H and O–H groups in total. The molecule has 0 radical (unpaired) electrons. The quantitative estimate of drug-likeness (QED) is 0.554. The minimum absolute atomic E-state index is 0.0453. The first-order valence-corrected chi connectivity index (χ1v) is 6.51. The van der Waals surface area contributed by atoms with E-state index in [9.17, 15) is 13.2 Å². The third-order valence-corrected chi connectivity index (χ3v) is 4.32. The molecule has 2 unspecified atom stereocenters. The van der Waals surface area contributed by atoms with Gasteiger partial charge in [-0.05, 0) is 19.8 Å². The van der Waals surface area contributed by atoms with Gasteiger partial charge >= 0.3 is 0 Å². The molecule has 0 aromatic rings. The zero-order valence-corrected chi connectivity index (χ0v) is 9.51. The highest BCUT2D eigenvalue weighted by molar-refractivity contribution is 7.90. The minimum Gasteiger partial charge on any atom is -0.355 e. The summed E-state index contributed by atoms with van der Waals surface area (Å²) in [6.45, 7) is 2.18. The van der Waals surface area contributed by atoms with Crippen molar-refractivity contribution in [1.82, 2.24) is 10.0 Å². The standard InChI is InChI=1S/C8H17N3O3S/c1-6(5-9)15(13,14)11-7-3-2-4-10-8(7)12/h6-7,11H,2-5,9H2,1H3,(H,10,12). The number of rotatable bonds is 4. The predicted octanol–water partition coefficient (Wildman–Crippen LogP) is -1.47. The summed E-state index contributed by atoms with van der Waals surface area (Å²) in [7, 11) is -3.48. The Kier molecular flexibility index (Phi) is 4.06. The van der Waals surface area contributed by atoms with Crippen LogP contribution < -0.4 is 15.8 Å². The molecule has 15 heavy (non-hydrogen) atoms. The van der Waals surface area contributed by atoms with Crippen LogP contribution in [0.5, 0.6) is 0 Å². The number of hydrogen-bond acceptors (Lipinski definition) is 4. The van der Waals surface area contributed by atoms with Crippen molar-refractivity contribution in [2.24, 2.45) is 5.73 Å². The van der Waals surface area contributed by atoms with Crippen LogP contribution in [0.25, 0.3) is 0 Å². The molecule has 1 heterocycles. The lowest BCUT2D eigenvalue weighted by molar-refractivity contribution is -0.124. The van der Waals surface area contributed by atoms with E-state index in [4.69, 9.17) is 5.73 Å². The normalized spacial score (nSPS) is 24.7. The van der Waals surface area contributed by atoms with Gasteiger partial charge < -0.3 is 11.1 Å². The van der Waals surface area contributed by atoms with Crippen LogP contribution in [0.15, 0.2) is 0 Å². The number of hydrogen-bond donors (Lipinski definition) is 3. The average Bonchev–Trinajstić information content (AvgIpc) is 2.20. The fraction of sp³-hybridized carbons (Fsp3) is 0.875. The maximum absolute atomic E-state index is 11.6. The second kappa shape index (κ2) is 4.91. The molecule has 0 aromatic carbocycles. The number of nitrogens with one attached hydrogen (secondary N) is 2. The summed E-state index contributed by atoms with van der Waals surface area (Å²) in [5, 5.41) is 1.94. The van der Waals surface area contributed by atoms with Crippen LogP contribution in [0.2, 0.25) is 0 Å². The largest absolute Gasteiger partial charge is 0.355 e. The van der Waals surface area contributed by atoms with E-state index in [1.54, 1.807) is 0 Å². The summed E-state index contributed by atoms with van der Waals surface area (Å²) in [5.41, 5.74) is 5.28. The minimum atomic E-state index is -3.48. The second-order valence-electron chi connectivity index (χ2n) is 3.70. The lowest BCUT2D eigenvalue weighted by Crippen LogP contribution is -2.52. The zero-order chi connectivity index (χ0) is 11.5. The lowest BCUT2D eigenvalue weighted by atomic mass is 10.1. The van der Waals surface area contributed by atoms with E-state index in [-0.39, 0.29) is 12.5 Å². The van der Waals surface area contributed by atoms with Gasteiger partial charge in [0.1, 0.15) is 6.04 Å². The summed E-state index contributed by atoms with van der Waals surface area (Å²) < 4.78 is 25.6. The molecule has 2 atom stereocenters. The molecular weight excluding hydrogens is 218 g/mol. The van der Waals surface area contributed by atoms with Gasteiger partial charge in [-0.3, -0.25) is 4.79 Å². The van der Waals surface area contributed by atoms with E-state index >= 15 is 0 Å². The zero-order valence-electron chi connectivity index (χ0n) is 8.69. The van der Waals surface area contributed by atoms with Gasteiger partial charge in [0.15, 0.2) is 0 Å². The van der Waals surface area contributed by atoms with Crippen LogP contribution in [-0.2, 0) is 14.8 Å². The number of amides is 1. The van der Waals surface area contributed by atoms with Gasteiger partial charge in [-0.15, -0.1) is 0 Å². The second-order valence-corrected chi connectivity index (χ2v) is 5.83. The van der Waals surface area contributed by atoms with Gasteiger partial charge in [0, 0.05) is 13.1 Å². The van der Waals surface area contributed by atoms with Crippen molar-refractivity contribution < 1.29 is 13.2 Å². The van der Waals surface area contributed by atoms with Gasteiger partial charge in [0.2, 0.25) is 15.9 Å². The van der Waals surface area contributed by atoms with Crippen LogP contribution in [0, 0.1) is 0 Å². The lowest BCUT2D eigenvalue weighted by Gasteiger charge is -2.24. The summed E-state index contributed by atoms with van der Waals surface area (Å²) >= 11 is 0. The number of nitrogens with two attached hydrogens (primary N) is 1.